The van der Waals surface area contributed by atoms with E-state index in [4.69, 9.17) is 9.47 Å². The normalized spacial score (nSPS) is 23.5. The van der Waals surface area contributed by atoms with Crippen LogP contribution in [-0.4, -0.2) is 54.4 Å². The Morgan fingerprint density at radius 3 is 2.48 bits per heavy atom. The van der Waals surface area contributed by atoms with Crippen molar-refractivity contribution in [2.24, 2.45) is 0 Å². The van der Waals surface area contributed by atoms with Crippen LogP contribution in [0.1, 0.15) is 19.2 Å². The number of aromatic nitrogens is 2. The van der Waals surface area contributed by atoms with Gasteiger partial charge in [-0.3, -0.25) is 0 Å². The van der Waals surface area contributed by atoms with Crippen molar-refractivity contribution in [3.8, 4) is 0 Å². The summed E-state index contributed by atoms with van der Waals surface area (Å²) in [4.78, 5) is 49.1. The Hall–Kier alpha value is -2.29. The quantitative estimate of drug-likeness (QED) is 0.470. The second-order valence-electron chi connectivity index (χ2n) is 6.35. The summed E-state index contributed by atoms with van der Waals surface area (Å²) in [6.45, 7) is 2.71. The zero-order chi connectivity index (χ0) is 21.0. The molecule has 2 heterocycles. The molecule has 4 atom stereocenters. The maximum absolute atomic E-state index is 12.4. The van der Waals surface area contributed by atoms with E-state index in [9.17, 15) is 19.2 Å². The van der Waals surface area contributed by atoms with Crippen LogP contribution in [0.5, 0.6) is 0 Å². The number of aromatic amines is 1. The summed E-state index contributed by atoms with van der Waals surface area (Å²) in [5.41, 5.74) is -1.01. The van der Waals surface area contributed by atoms with E-state index in [2.05, 4.69) is 4.98 Å². The summed E-state index contributed by atoms with van der Waals surface area (Å²) < 4.78 is 13.3. The van der Waals surface area contributed by atoms with E-state index in [1.165, 1.54) is 42.4 Å². The first-order valence-electron chi connectivity index (χ1n) is 8.84. The number of carbonyl (C=O) groups excluding carboxylic acids is 2. The van der Waals surface area contributed by atoms with Crippen molar-refractivity contribution in [2.75, 3.05) is 6.61 Å². The first kappa shape index (κ1) is 21.4. The predicted molar refractivity (Wildman–Crippen MR) is 110 cm³/mol. The number of nitrogens with zero attached hydrogens (tertiary/aromatic N) is 1. The molecule has 0 bridgehead atoms. The Morgan fingerprint density at radius 1 is 1.14 bits per heavy atom. The number of hydrogen-bond donors (Lipinski definition) is 1. The average Bonchev–Trinajstić information content (AvgIpc) is 2.97. The molecule has 0 unspecified atom stereocenters. The van der Waals surface area contributed by atoms with Crippen LogP contribution in [0.15, 0.2) is 52.2 Å². The molecule has 0 saturated carbocycles. The van der Waals surface area contributed by atoms with Crippen molar-refractivity contribution in [3.63, 3.8) is 0 Å². The summed E-state index contributed by atoms with van der Waals surface area (Å²) in [5.74, 6) is -0.867. The van der Waals surface area contributed by atoms with Gasteiger partial charge >= 0.3 is 177 Å². The van der Waals surface area contributed by atoms with E-state index in [1.807, 2.05) is 30.3 Å². The standard InChI is InChI=1S/C19H20N2O6SSe/c1-11(22)26-10-14-16(27-12(2)23)17(29-13-6-4-3-5-7-13)18(28-14)21-9-8-15(24)20-19(21)25/h3-9,14,16-18H,10H2,1-2H3,(H,20,24,25)/t14-,16-,17-,18+/m1/s1. The van der Waals surface area contributed by atoms with Crippen molar-refractivity contribution in [2.45, 2.75) is 35.4 Å². The molecular weight excluding hydrogens is 463 g/mol. The zero-order valence-electron chi connectivity index (χ0n) is 15.8. The van der Waals surface area contributed by atoms with Gasteiger partial charge in [0.15, 0.2) is 0 Å². The van der Waals surface area contributed by atoms with Gasteiger partial charge in [0.05, 0.1) is 0 Å². The van der Waals surface area contributed by atoms with Crippen LogP contribution in [-0.2, 0) is 19.1 Å². The fraction of sp³-hybridized carbons (Fsp3) is 0.368. The number of esters is 2. The van der Waals surface area contributed by atoms with Crippen molar-refractivity contribution in [1.29, 1.82) is 0 Å². The molecule has 2 aromatic rings. The van der Waals surface area contributed by atoms with Gasteiger partial charge in [-0.05, 0) is 0 Å². The van der Waals surface area contributed by atoms with E-state index >= 15 is 0 Å². The van der Waals surface area contributed by atoms with Gasteiger partial charge in [0, 0.05) is 0 Å². The molecule has 1 N–H and O–H groups in total. The topological polar surface area (TPSA) is 107 Å². The van der Waals surface area contributed by atoms with Crippen LogP contribution < -0.4 is 15.7 Å². The molecule has 1 aliphatic rings. The summed E-state index contributed by atoms with van der Waals surface area (Å²) >= 11 is 1.25. The molecule has 0 amide bonds. The first-order chi connectivity index (χ1) is 13.8. The number of hydrogen-bond acceptors (Lipinski definition) is 7. The fourth-order valence-electron chi connectivity index (χ4n) is 3.01. The molecule has 10 heteroatoms. The third-order valence-electron chi connectivity index (χ3n) is 4.18. The first-order valence-corrected chi connectivity index (χ1v) is 11.6. The van der Waals surface area contributed by atoms with Crippen molar-refractivity contribution >= 4 is 43.1 Å². The molecule has 0 aliphatic carbocycles. The van der Waals surface area contributed by atoms with Crippen LogP contribution in [0.2, 0.25) is 4.82 Å². The molecule has 1 aliphatic heterocycles. The number of nitrogens with one attached hydrogen (secondary N) is 1. The Kier molecular flexibility index (Phi) is 7.00. The summed E-state index contributed by atoms with van der Waals surface area (Å²) in [7, 11) is 0. The molecule has 29 heavy (non-hydrogen) atoms. The zero-order valence-corrected chi connectivity index (χ0v) is 18.3. The molecule has 1 aromatic carbocycles. The molecule has 0 spiro atoms. The number of H-pyrrole nitrogens is 1. The number of thioether (sulfide) groups is 1. The van der Waals surface area contributed by atoms with Crippen LogP contribution in [0, 0.1) is 0 Å². The summed E-state index contributed by atoms with van der Waals surface area (Å²) in [6.07, 6.45) is 0.909. The van der Waals surface area contributed by atoms with E-state index in [-0.39, 0.29) is 37.0 Å². The minimum atomic E-state index is -0.541. The van der Waals surface area contributed by atoms with E-state index in [1.54, 1.807) is 0 Å². The Balaban J connectivity index is 2.00. The molecule has 8 nitrogen and oxygen atoms in total. The summed E-state index contributed by atoms with van der Waals surface area (Å²) in [5, 5.41) is -0.716. The van der Waals surface area contributed by atoms with E-state index < -0.39 is 29.3 Å². The molecule has 1 aromatic heterocycles. The number of benzene rings is 1. The van der Waals surface area contributed by atoms with Crippen LogP contribution in [0.25, 0.3) is 0 Å². The number of ether oxygens (including phenoxy) is 2. The monoisotopic (exact) mass is 484 g/mol. The molecular formula is C19H20N2O6SSe. The molecule has 1 fully saturated rings. The molecule has 3 rings (SSSR count). The van der Waals surface area contributed by atoms with Gasteiger partial charge in [-0.1, -0.05) is 0 Å². The second-order valence-corrected chi connectivity index (χ2v) is 10.3. The van der Waals surface area contributed by atoms with Crippen molar-refractivity contribution in [1.82, 2.24) is 9.55 Å². The Bertz CT molecular complexity index is 992. The maximum atomic E-state index is 12.4. The van der Waals surface area contributed by atoms with E-state index in [0.29, 0.717) is 0 Å². The van der Waals surface area contributed by atoms with Crippen molar-refractivity contribution in [3.05, 3.63) is 63.4 Å². The van der Waals surface area contributed by atoms with Gasteiger partial charge in [-0.2, -0.15) is 0 Å². The Labute approximate surface area is 177 Å². The van der Waals surface area contributed by atoms with Gasteiger partial charge in [-0.25, -0.2) is 0 Å². The van der Waals surface area contributed by atoms with Crippen LogP contribution in [0.3, 0.4) is 0 Å². The van der Waals surface area contributed by atoms with Gasteiger partial charge < -0.3 is 0 Å². The summed E-state index contributed by atoms with van der Waals surface area (Å²) in [6, 6.07) is 11.0. The van der Waals surface area contributed by atoms with Gasteiger partial charge in [-0.15, -0.1) is 0 Å². The Morgan fingerprint density at radius 2 is 1.86 bits per heavy atom. The second kappa shape index (κ2) is 9.47. The number of carbonyl (C=O) groups is 2. The third kappa shape index (κ3) is 5.41. The third-order valence-corrected chi connectivity index (χ3v) is 8.94. The van der Waals surface area contributed by atoms with Crippen molar-refractivity contribution < 1.29 is 19.1 Å². The van der Waals surface area contributed by atoms with Gasteiger partial charge in [0.1, 0.15) is 0 Å². The van der Waals surface area contributed by atoms with Gasteiger partial charge in [0.25, 0.3) is 0 Å². The minimum absolute atomic E-state index is 0.0634. The molecule has 1 saturated heterocycles. The number of rotatable bonds is 6. The average molecular weight is 483 g/mol. The van der Waals surface area contributed by atoms with Gasteiger partial charge in [0.2, 0.25) is 0 Å². The molecule has 154 valence electrons. The fourth-order valence-corrected chi connectivity index (χ4v) is 8.05. The van der Waals surface area contributed by atoms with Crippen LogP contribution >= 0.6 is 11.8 Å². The predicted octanol–water partition coefficient (Wildman–Crippen LogP) is 0.464. The van der Waals surface area contributed by atoms with Crippen LogP contribution in [0.4, 0.5) is 0 Å². The van der Waals surface area contributed by atoms with E-state index in [0.717, 1.165) is 4.46 Å². The SMILES string of the molecule is CC(=O)OC[C@H]1S[C@H](n2ccc(=O)[nH]c2=O)[C@H]([Se]c2ccccc2)[C@@H]1OC(C)=O. The molecule has 0 radical (unpaired) electrons.